The number of pyridine rings is 1. The fourth-order valence-electron chi connectivity index (χ4n) is 2.85. The first-order chi connectivity index (χ1) is 9.81. The van der Waals surface area contributed by atoms with Crippen molar-refractivity contribution < 1.29 is 0 Å². The third-order valence-electron chi connectivity index (χ3n) is 4.21. The number of nitrogens with zero attached hydrogens (tertiary/aromatic N) is 3. The molecule has 0 atom stereocenters. The van der Waals surface area contributed by atoms with E-state index in [0.717, 1.165) is 11.9 Å². The highest BCUT2D eigenvalue weighted by Gasteiger charge is 2.12. The van der Waals surface area contributed by atoms with Crippen molar-refractivity contribution in [1.29, 1.82) is 0 Å². The van der Waals surface area contributed by atoms with Crippen molar-refractivity contribution in [3.63, 3.8) is 0 Å². The van der Waals surface area contributed by atoms with Crippen LogP contribution in [0, 0.1) is 0 Å². The van der Waals surface area contributed by atoms with E-state index in [1.165, 1.54) is 50.1 Å². The minimum Gasteiger partial charge on any atom is -0.304 e. The number of aryl methyl sites for hydroxylation is 1. The molecular formula is C17H23N3. The van der Waals surface area contributed by atoms with Gasteiger partial charge in [0.05, 0.1) is 5.52 Å². The van der Waals surface area contributed by atoms with E-state index in [1.54, 1.807) is 0 Å². The SMILES string of the molecule is CN1CCN(CCCc2ccc3cccnc3c2)CC1. The predicted molar refractivity (Wildman–Crippen MR) is 84.0 cm³/mol. The molecule has 0 bridgehead atoms. The molecule has 1 saturated heterocycles. The number of rotatable bonds is 4. The van der Waals surface area contributed by atoms with Gasteiger partial charge in [-0.1, -0.05) is 18.2 Å². The summed E-state index contributed by atoms with van der Waals surface area (Å²) in [5, 5.41) is 1.23. The standard InChI is InChI=1S/C17H23N3/c1-19-10-12-20(13-11-19)9-3-4-15-6-7-16-5-2-8-18-17(16)14-15/h2,5-8,14H,3-4,9-13H2,1H3. The van der Waals surface area contributed by atoms with Crippen molar-refractivity contribution in [2.45, 2.75) is 12.8 Å². The summed E-state index contributed by atoms with van der Waals surface area (Å²) in [6.07, 6.45) is 4.26. The number of aromatic nitrogens is 1. The summed E-state index contributed by atoms with van der Waals surface area (Å²) >= 11 is 0. The average Bonchev–Trinajstić information content (AvgIpc) is 2.49. The third kappa shape index (κ3) is 3.35. The van der Waals surface area contributed by atoms with Gasteiger partial charge in [0.2, 0.25) is 0 Å². The smallest absolute Gasteiger partial charge is 0.0704 e. The zero-order valence-corrected chi connectivity index (χ0v) is 12.3. The van der Waals surface area contributed by atoms with Gasteiger partial charge in [-0.3, -0.25) is 4.98 Å². The van der Waals surface area contributed by atoms with E-state index in [-0.39, 0.29) is 0 Å². The van der Waals surface area contributed by atoms with E-state index in [2.05, 4.69) is 46.1 Å². The van der Waals surface area contributed by atoms with Gasteiger partial charge < -0.3 is 9.80 Å². The molecule has 0 amide bonds. The lowest BCUT2D eigenvalue weighted by Gasteiger charge is -2.32. The quantitative estimate of drug-likeness (QED) is 0.850. The van der Waals surface area contributed by atoms with E-state index in [9.17, 15) is 0 Å². The topological polar surface area (TPSA) is 19.4 Å². The molecule has 1 fully saturated rings. The summed E-state index contributed by atoms with van der Waals surface area (Å²) < 4.78 is 0. The molecule has 1 aromatic heterocycles. The van der Waals surface area contributed by atoms with Crippen molar-refractivity contribution in [1.82, 2.24) is 14.8 Å². The lowest BCUT2D eigenvalue weighted by Crippen LogP contribution is -2.44. The van der Waals surface area contributed by atoms with Crippen molar-refractivity contribution in [3.05, 3.63) is 42.1 Å². The number of hydrogen-bond donors (Lipinski definition) is 0. The average molecular weight is 269 g/mol. The molecule has 3 rings (SSSR count). The highest BCUT2D eigenvalue weighted by molar-refractivity contribution is 5.78. The number of benzene rings is 1. The zero-order chi connectivity index (χ0) is 13.8. The zero-order valence-electron chi connectivity index (χ0n) is 12.3. The molecule has 0 saturated carbocycles. The summed E-state index contributed by atoms with van der Waals surface area (Å²) in [4.78, 5) is 9.42. The minimum absolute atomic E-state index is 1.12. The second-order valence-corrected chi connectivity index (χ2v) is 5.78. The molecule has 3 heteroatoms. The molecule has 0 radical (unpaired) electrons. The van der Waals surface area contributed by atoms with E-state index in [1.807, 2.05) is 12.3 Å². The van der Waals surface area contributed by atoms with Crippen LogP contribution in [-0.2, 0) is 6.42 Å². The molecular weight excluding hydrogens is 246 g/mol. The summed E-state index contributed by atoms with van der Waals surface area (Å²) in [7, 11) is 2.21. The van der Waals surface area contributed by atoms with Crippen molar-refractivity contribution in [2.24, 2.45) is 0 Å². The monoisotopic (exact) mass is 269 g/mol. The van der Waals surface area contributed by atoms with Crippen LogP contribution in [0.25, 0.3) is 10.9 Å². The van der Waals surface area contributed by atoms with Crippen LogP contribution in [0.3, 0.4) is 0 Å². The Hall–Kier alpha value is -1.45. The normalized spacial score (nSPS) is 17.6. The summed E-state index contributed by atoms with van der Waals surface area (Å²) in [6, 6.07) is 10.8. The lowest BCUT2D eigenvalue weighted by atomic mass is 10.1. The van der Waals surface area contributed by atoms with Gasteiger partial charge in [0.1, 0.15) is 0 Å². The summed E-state index contributed by atoms with van der Waals surface area (Å²) in [5.41, 5.74) is 2.52. The van der Waals surface area contributed by atoms with E-state index in [0.29, 0.717) is 0 Å². The van der Waals surface area contributed by atoms with Crippen molar-refractivity contribution in [2.75, 3.05) is 39.8 Å². The molecule has 1 aromatic carbocycles. The molecule has 20 heavy (non-hydrogen) atoms. The molecule has 2 aromatic rings. The van der Waals surface area contributed by atoms with Crippen LogP contribution >= 0.6 is 0 Å². The minimum atomic E-state index is 1.12. The van der Waals surface area contributed by atoms with E-state index < -0.39 is 0 Å². The van der Waals surface area contributed by atoms with Gasteiger partial charge in [-0.2, -0.15) is 0 Å². The first kappa shape index (κ1) is 13.5. The van der Waals surface area contributed by atoms with Gasteiger partial charge >= 0.3 is 0 Å². The summed E-state index contributed by atoms with van der Waals surface area (Å²) in [5.74, 6) is 0. The van der Waals surface area contributed by atoms with Gasteiger partial charge in [0.15, 0.2) is 0 Å². The van der Waals surface area contributed by atoms with Gasteiger partial charge in [-0.25, -0.2) is 0 Å². The van der Waals surface area contributed by atoms with Crippen LogP contribution in [-0.4, -0.2) is 54.6 Å². The Balaban J connectivity index is 1.52. The third-order valence-corrected chi connectivity index (χ3v) is 4.21. The van der Waals surface area contributed by atoms with E-state index >= 15 is 0 Å². The fraction of sp³-hybridized carbons (Fsp3) is 0.471. The number of piperazine rings is 1. The van der Waals surface area contributed by atoms with Crippen LogP contribution < -0.4 is 0 Å². The molecule has 0 N–H and O–H groups in total. The Morgan fingerprint density at radius 2 is 1.95 bits per heavy atom. The van der Waals surface area contributed by atoms with Crippen LogP contribution in [0.1, 0.15) is 12.0 Å². The first-order valence-corrected chi connectivity index (χ1v) is 7.56. The Bertz CT molecular complexity index is 559. The van der Waals surface area contributed by atoms with Gasteiger partial charge in [0.25, 0.3) is 0 Å². The highest BCUT2D eigenvalue weighted by atomic mass is 15.2. The number of hydrogen-bond acceptors (Lipinski definition) is 3. The Labute approximate surface area is 121 Å². The predicted octanol–water partition coefficient (Wildman–Crippen LogP) is 2.41. The van der Waals surface area contributed by atoms with Gasteiger partial charge in [0, 0.05) is 37.8 Å². The second-order valence-electron chi connectivity index (χ2n) is 5.78. The Kier molecular flexibility index (Phi) is 4.28. The van der Waals surface area contributed by atoms with E-state index in [4.69, 9.17) is 0 Å². The van der Waals surface area contributed by atoms with Crippen LogP contribution in [0.15, 0.2) is 36.5 Å². The number of likely N-dealkylation sites (N-methyl/N-ethyl adjacent to an activating group) is 1. The van der Waals surface area contributed by atoms with Crippen molar-refractivity contribution >= 4 is 10.9 Å². The fourth-order valence-corrected chi connectivity index (χ4v) is 2.85. The largest absolute Gasteiger partial charge is 0.304 e. The molecule has 2 heterocycles. The van der Waals surface area contributed by atoms with Gasteiger partial charge in [-0.15, -0.1) is 0 Å². The summed E-state index contributed by atoms with van der Waals surface area (Å²) in [6.45, 7) is 6.07. The van der Waals surface area contributed by atoms with Crippen LogP contribution in [0.5, 0.6) is 0 Å². The first-order valence-electron chi connectivity index (χ1n) is 7.56. The highest BCUT2D eigenvalue weighted by Crippen LogP contribution is 2.14. The maximum Gasteiger partial charge on any atom is 0.0704 e. The molecule has 0 aliphatic carbocycles. The van der Waals surface area contributed by atoms with Crippen LogP contribution in [0.4, 0.5) is 0 Å². The number of fused-ring (bicyclic) bond motifs is 1. The van der Waals surface area contributed by atoms with Gasteiger partial charge in [-0.05, 0) is 44.1 Å². The van der Waals surface area contributed by atoms with Crippen molar-refractivity contribution in [3.8, 4) is 0 Å². The molecule has 3 nitrogen and oxygen atoms in total. The molecule has 106 valence electrons. The maximum absolute atomic E-state index is 4.43. The Morgan fingerprint density at radius 3 is 2.80 bits per heavy atom. The lowest BCUT2D eigenvalue weighted by molar-refractivity contribution is 0.153. The molecule has 0 spiro atoms. The molecule has 1 aliphatic heterocycles. The molecule has 1 aliphatic rings. The van der Waals surface area contributed by atoms with Crippen LogP contribution in [0.2, 0.25) is 0 Å². The maximum atomic E-state index is 4.43. The Morgan fingerprint density at radius 1 is 1.10 bits per heavy atom. The molecule has 0 unspecified atom stereocenters. The second kappa shape index (κ2) is 6.33.